The molecule has 210 valence electrons. The molecule has 2 aliphatic rings. The number of rotatable bonds is 7. The van der Waals surface area contributed by atoms with Crippen molar-refractivity contribution in [3.05, 3.63) is 64.7 Å². The number of hydrogen-bond acceptors (Lipinski definition) is 9. The van der Waals surface area contributed by atoms with Gasteiger partial charge in [-0.05, 0) is 42.7 Å². The van der Waals surface area contributed by atoms with Gasteiger partial charge >= 0.3 is 0 Å². The van der Waals surface area contributed by atoms with Crippen molar-refractivity contribution >= 4 is 33.4 Å². The Morgan fingerprint density at radius 3 is 2.36 bits per heavy atom. The summed E-state index contributed by atoms with van der Waals surface area (Å²) in [6, 6.07) is 14.5. The zero-order chi connectivity index (χ0) is 27.7. The van der Waals surface area contributed by atoms with Gasteiger partial charge in [0.1, 0.15) is 5.82 Å². The van der Waals surface area contributed by atoms with Gasteiger partial charge in [0, 0.05) is 49.4 Å². The predicted octanol–water partition coefficient (Wildman–Crippen LogP) is 2.97. The van der Waals surface area contributed by atoms with Crippen molar-refractivity contribution in [3.63, 3.8) is 0 Å². The molecule has 39 heavy (non-hydrogen) atoms. The van der Waals surface area contributed by atoms with Crippen LogP contribution in [0.2, 0.25) is 5.02 Å². The van der Waals surface area contributed by atoms with Gasteiger partial charge < -0.3 is 25.8 Å². The van der Waals surface area contributed by atoms with E-state index in [1.165, 1.54) is 4.31 Å². The minimum atomic E-state index is -3.49. The number of hydrogen-bond donors (Lipinski definition) is 3. The molecule has 0 bridgehead atoms. The van der Waals surface area contributed by atoms with E-state index in [1.54, 1.807) is 12.1 Å². The quantitative estimate of drug-likeness (QED) is 0.389. The van der Waals surface area contributed by atoms with Gasteiger partial charge in [-0.15, -0.1) is 0 Å². The van der Waals surface area contributed by atoms with Crippen LogP contribution >= 0.6 is 11.6 Å². The summed E-state index contributed by atoms with van der Waals surface area (Å²) in [5.74, 6) is 0.787. The molecule has 1 aromatic heterocycles. The second-order valence-electron chi connectivity index (χ2n) is 9.11. The Labute approximate surface area is 234 Å². The van der Waals surface area contributed by atoms with Gasteiger partial charge in [-0.25, -0.2) is 13.4 Å². The predicted molar refractivity (Wildman–Crippen MR) is 154 cm³/mol. The minimum absolute atomic E-state index is 0.173. The van der Waals surface area contributed by atoms with E-state index in [-0.39, 0.29) is 5.95 Å². The van der Waals surface area contributed by atoms with E-state index in [4.69, 9.17) is 26.8 Å². The fraction of sp³-hybridized carbons (Fsp3) is 0.407. The molecule has 3 aromatic rings. The zero-order valence-corrected chi connectivity index (χ0v) is 23.6. The van der Waals surface area contributed by atoms with Crippen LogP contribution < -0.4 is 16.4 Å². The van der Waals surface area contributed by atoms with E-state index in [0.29, 0.717) is 60.7 Å². The van der Waals surface area contributed by atoms with Gasteiger partial charge in [0.2, 0.25) is 16.0 Å². The smallest absolute Gasteiger partial charge is 0.243 e. The van der Waals surface area contributed by atoms with Crippen LogP contribution in [0.4, 0.5) is 11.8 Å². The number of nitrogens with zero attached hydrogens (tertiary/aromatic N) is 3. The maximum atomic E-state index is 12.7. The van der Waals surface area contributed by atoms with Gasteiger partial charge in [0.25, 0.3) is 0 Å². The van der Waals surface area contributed by atoms with Gasteiger partial charge in [-0.1, -0.05) is 35.9 Å². The van der Waals surface area contributed by atoms with Gasteiger partial charge in [-0.3, -0.25) is 0 Å². The third-order valence-corrected chi connectivity index (χ3v) is 8.71. The molecule has 0 aliphatic carbocycles. The Balaban J connectivity index is 0.000000519. The van der Waals surface area contributed by atoms with Gasteiger partial charge in [-0.2, -0.15) is 9.29 Å². The highest BCUT2D eigenvalue weighted by atomic mass is 35.5. The Bertz CT molecular complexity index is 1320. The molecule has 0 spiro atoms. The topological polar surface area (TPSA) is 132 Å². The molecule has 2 aromatic carbocycles. The first-order valence-corrected chi connectivity index (χ1v) is 14.8. The molecule has 0 atom stereocenters. The largest absolute Gasteiger partial charge is 0.379 e. The molecule has 3 heterocycles. The number of aromatic nitrogens is 2. The second-order valence-corrected chi connectivity index (χ2v) is 11.5. The maximum absolute atomic E-state index is 12.7. The number of anilines is 2. The fourth-order valence-electron chi connectivity index (χ4n) is 4.19. The van der Waals surface area contributed by atoms with E-state index < -0.39 is 10.0 Å². The van der Waals surface area contributed by atoms with Crippen LogP contribution in [-0.2, 0) is 25.9 Å². The van der Waals surface area contributed by atoms with Crippen molar-refractivity contribution in [1.82, 2.24) is 19.6 Å². The van der Waals surface area contributed by atoms with E-state index in [0.717, 1.165) is 43.0 Å². The monoisotopic (exact) mass is 574 g/mol. The number of nitrogen functional groups attached to an aromatic ring is 1. The Morgan fingerprint density at radius 2 is 1.72 bits per heavy atom. The van der Waals surface area contributed by atoms with Crippen molar-refractivity contribution in [3.8, 4) is 11.3 Å². The van der Waals surface area contributed by atoms with Crippen molar-refractivity contribution in [2.24, 2.45) is 0 Å². The molecule has 10 nitrogen and oxygen atoms in total. The van der Waals surface area contributed by atoms with Gasteiger partial charge in [0.15, 0.2) is 0 Å². The van der Waals surface area contributed by atoms with Gasteiger partial charge in [0.05, 0.1) is 37.0 Å². The van der Waals surface area contributed by atoms with E-state index in [1.807, 2.05) is 43.3 Å². The number of ether oxygens (including phenoxy) is 2. The second kappa shape index (κ2) is 14.0. The Kier molecular flexibility index (Phi) is 10.5. The molecule has 0 saturated carbocycles. The summed E-state index contributed by atoms with van der Waals surface area (Å²) < 4.78 is 37.2. The van der Waals surface area contributed by atoms with Crippen molar-refractivity contribution in [2.45, 2.75) is 18.2 Å². The molecule has 2 aliphatic heterocycles. The third-order valence-electron chi connectivity index (χ3n) is 6.38. The van der Waals surface area contributed by atoms with Crippen LogP contribution in [0, 0.1) is 6.92 Å². The maximum Gasteiger partial charge on any atom is 0.243 e. The van der Waals surface area contributed by atoms with Crippen LogP contribution in [0.5, 0.6) is 0 Å². The molecule has 2 fully saturated rings. The number of sulfonamides is 1. The van der Waals surface area contributed by atoms with E-state index in [2.05, 4.69) is 20.6 Å². The van der Waals surface area contributed by atoms with Crippen LogP contribution in [0.15, 0.2) is 53.4 Å². The molecule has 0 radical (unpaired) electrons. The summed E-state index contributed by atoms with van der Waals surface area (Å²) >= 11 is 6.24. The molecule has 12 heteroatoms. The average molecular weight is 575 g/mol. The highest BCUT2D eigenvalue weighted by Crippen LogP contribution is 2.28. The van der Waals surface area contributed by atoms with Crippen LogP contribution in [0.25, 0.3) is 11.3 Å². The first-order valence-electron chi connectivity index (χ1n) is 12.9. The minimum Gasteiger partial charge on any atom is -0.379 e. The SMILES string of the molecule is C1COCCN1.Cc1c(Cl)cccc1-c1cc(NCCc2ccc(S(=O)(=O)N3CCOCC3)cc2)nc(N)n1. The standard InChI is InChI=1S/C23H26ClN5O3S.C4H9NO/c1-16-19(3-2-4-20(16)24)21-15-22(28-23(25)27-21)26-10-9-17-5-7-18(8-6-17)33(30,31)29-11-13-32-14-12-29;1-3-6-4-2-5-1/h2-8,15H,9-14H2,1H3,(H3,25,26,27,28);5H,1-4H2. The normalized spacial score (nSPS) is 16.3. The number of benzene rings is 2. The lowest BCUT2D eigenvalue weighted by Crippen LogP contribution is -2.40. The first kappa shape index (κ1) is 29.2. The molecule has 5 rings (SSSR count). The molecule has 0 amide bonds. The highest BCUT2D eigenvalue weighted by molar-refractivity contribution is 7.89. The lowest BCUT2D eigenvalue weighted by Gasteiger charge is -2.26. The number of nitrogens with two attached hydrogens (primary N) is 1. The molecule has 4 N–H and O–H groups in total. The van der Waals surface area contributed by atoms with Crippen molar-refractivity contribution < 1.29 is 17.9 Å². The number of halogens is 1. The number of morpholine rings is 2. The average Bonchev–Trinajstić information content (AvgIpc) is 2.96. The first-order chi connectivity index (χ1) is 18.8. The highest BCUT2D eigenvalue weighted by Gasteiger charge is 2.26. The summed E-state index contributed by atoms with van der Waals surface area (Å²) in [6.45, 7) is 7.98. The molecule has 2 saturated heterocycles. The summed E-state index contributed by atoms with van der Waals surface area (Å²) in [6.07, 6.45) is 0.688. The number of nitrogens with one attached hydrogen (secondary N) is 2. The Hall–Kier alpha value is -2.80. The summed E-state index contributed by atoms with van der Waals surface area (Å²) in [7, 11) is -3.49. The van der Waals surface area contributed by atoms with Crippen LogP contribution in [-0.4, -0.2) is 81.8 Å². The Morgan fingerprint density at radius 1 is 1.03 bits per heavy atom. The lowest BCUT2D eigenvalue weighted by atomic mass is 10.1. The molecule has 0 unspecified atom stereocenters. The third kappa shape index (κ3) is 8.10. The van der Waals surface area contributed by atoms with Crippen molar-refractivity contribution in [1.29, 1.82) is 0 Å². The molecular weight excluding hydrogens is 540 g/mol. The van der Waals surface area contributed by atoms with Crippen LogP contribution in [0.1, 0.15) is 11.1 Å². The molecular formula is C27H35ClN6O4S. The lowest BCUT2D eigenvalue weighted by molar-refractivity contribution is 0.0730. The van der Waals surface area contributed by atoms with Crippen LogP contribution in [0.3, 0.4) is 0 Å². The zero-order valence-electron chi connectivity index (χ0n) is 22.0. The summed E-state index contributed by atoms with van der Waals surface area (Å²) in [5.41, 5.74) is 9.46. The van der Waals surface area contributed by atoms with Crippen molar-refractivity contribution in [2.75, 3.05) is 70.2 Å². The summed E-state index contributed by atoms with van der Waals surface area (Å²) in [4.78, 5) is 8.91. The summed E-state index contributed by atoms with van der Waals surface area (Å²) in [5, 5.41) is 7.10. The fourth-order valence-corrected chi connectivity index (χ4v) is 5.78. The van der Waals surface area contributed by atoms with E-state index in [9.17, 15) is 8.42 Å². The van der Waals surface area contributed by atoms with E-state index >= 15 is 0 Å².